The number of nitrogens with one attached hydrogen (secondary N) is 2. The standard InChI is InChI=1S/C28H23F3N2O3S2/c1-17-4-2-5-24(26(17)18-7-10-21(11-8-18)28(29,30)31)27(34)32-22-12-9-19-14-23(16-20(19)15-22)33-38(35,36)25-6-3-13-37-25/h2-13,15,23,33H,14,16H2,1H3,(H,32,34)/t23-/m0/s1. The van der Waals surface area contributed by atoms with Gasteiger partial charge >= 0.3 is 6.18 Å². The average Bonchev–Trinajstić information content (AvgIpc) is 3.53. The number of sulfonamides is 1. The normalized spacial score (nSPS) is 15.3. The van der Waals surface area contributed by atoms with Crippen LogP contribution in [0.15, 0.2) is 82.4 Å². The maximum atomic E-state index is 13.3. The lowest BCUT2D eigenvalue weighted by atomic mass is 9.93. The third-order valence-electron chi connectivity index (χ3n) is 6.50. The summed E-state index contributed by atoms with van der Waals surface area (Å²) in [6.07, 6.45) is -3.41. The van der Waals surface area contributed by atoms with E-state index < -0.39 is 27.7 Å². The van der Waals surface area contributed by atoms with E-state index in [1.165, 1.54) is 12.1 Å². The second-order valence-corrected chi connectivity index (χ2v) is 12.1. The van der Waals surface area contributed by atoms with Crippen molar-refractivity contribution in [3.05, 3.63) is 106 Å². The van der Waals surface area contributed by atoms with Gasteiger partial charge in [-0.15, -0.1) is 11.3 Å². The number of carbonyl (C=O) groups excluding carboxylic acids is 1. The van der Waals surface area contributed by atoms with Crippen molar-refractivity contribution in [3.8, 4) is 11.1 Å². The van der Waals surface area contributed by atoms with Gasteiger partial charge < -0.3 is 5.32 Å². The van der Waals surface area contributed by atoms with Crippen molar-refractivity contribution in [1.29, 1.82) is 0 Å². The molecule has 4 aromatic rings. The minimum atomic E-state index is -4.44. The lowest BCUT2D eigenvalue weighted by Crippen LogP contribution is -2.34. The second kappa shape index (κ2) is 10.0. The number of fused-ring (bicyclic) bond motifs is 1. The zero-order valence-electron chi connectivity index (χ0n) is 20.2. The number of hydrogen-bond donors (Lipinski definition) is 2. The van der Waals surface area contributed by atoms with E-state index in [0.717, 1.165) is 40.2 Å². The van der Waals surface area contributed by atoms with Gasteiger partial charge in [0, 0.05) is 17.3 Å². The summed E-state index contributed by atoms with van der Waals surface area (Å²) in [5.74, 6) is -0.392. The van der Waals surface area contributed by atoms with E-state index in [4.69, 9.17) is 0 Å². The number of benzene rings is 3. The summed E-state index contributed by atoms with van der Waals surface area (Å²) >= 11 is 1.16. The molecule has 1 amide bonds. The van der Waals surface area contributed by atoms with Gasteiger partial charge in [0.15, 0.2) is 0 Å². The number of carbonyl (C=O) groups is 1. The maximum absolute atomic E-state index is 13.3. The largest absolute Gasteiger partial charge is 0.416 e. The van der Waals surface area contributed by atoms with Gasteiger partial charge in [-0.25, -0.2) is 13.1 Å². The van der Waals surface area contributed by atoms with E-state index in [1.54, 1.807) is 48.7 Å². The molecule has 0 bridgehead atoms. The van der Waals surface area contributed by atoms with E-state index in [1.807, 2.05) is 12.1 Å². The fourth-order valence-electron chi connectivity index (χ4n) is 4.74. The second-order valence-electron chi connectivity index (χ2n) is 9.17. The van der Waals surface area contributed by atoms with Crippen molar-refractivity contribution in [2.24, 2.45) is 0 Å². The molecule has 0 radical (unpaired) electrons. The average molecular weight is 557 g/mol. The van der Waals surface area contributed by atoms with Crippen molar-refractivity contribution in [1.82, 2.24) is 4.72 Å². The Morgan fingerprint density at radius 3 is 2.37 bits per heavy atom. The lowest BCUT2D eigenvalue weighted by molar-refractivity contribution is -0.137. The maximum Gasteiger partial charge on any atom is 0.416 e. The van der Waals surface area contributed by atoms with Crippen LogP contribution in [0, 0.1) is 6.92 Å². The predicted molar refractivity (Wildman–Crippen MR) is 142 cm³/mol. The molecule has 0 saturated heterocycles. The molecule has 1 aliphatic rings. The third-order valence-corrected chi connectivity index (χ3v) is 9.41. The summed E-state index contributed by atoms with van der Waals surface area (Å²) < 4.78 is 67.3. The molecular weight excluding hydrogens is 533 g/mol. The van der Waals surface area contributed by atoms with E-state index >= 15 is 0 Å². The minimum absolute atomic E-state index is 0.267. The molecule has 1 heterocycles. The Kier molecular flexibility index (Phi) is 6.89. The van der Waals surface area contributed by atoms with Crippen LogP contribution in [0.4, 0.5) is 18.9 Å². The van der Waals surface area contributed by atoms with Gasteiger partial charge in [0.25, 0.3) is 5.91 Å². The first-order chi connectivity index (χ1) is 18.0. The van der Waals surface area contributed by atoms with Gasteiger partial charge in [-0.1, -0.05) is 36.4 Å². The Bertz CT molecular complexity index is 1600. The monoisotopic (exact) mass is 556 g/mol. The van der Waals surface area contributed by atoms with Crippen LogP contribution in [-0.4, -0.2) is 20.4 Å². The van der Waals surface area contributed by atoms with Crippen molar-refractivity contribution >= 4 is 33.0 Å². The fourth-order valence-corrected chi connectivity index (χ4v) is 6.98. The van der Waals surface area contributed by atoms with Crippen LogP contribution in [-0.2, 0) is 29.0 Å². The van der Waals surface area contributed by atoms with Crippen LogP contribution < -0.4 is 10.0 Å². The van der Waals surface area contributed by atoms with E-state index in [0.29, 0.717) is 35.2 Å². The van der Waals surface area contributed by atoms with Crippen LogP contribution in [0.3, 0.4) is 0 Å². The highest BCUT2D eigenvalue weighted by molar-refractivity contribution is 7.91. The van der Waals surface area contributed by atoms with Gasteiger partial charge in [-0.05, 0) is 89.4 Å². The molecule has 38 heavy (non-hydrogen) atoms. The first-order valence-corrected chi connectivity index (χ1v) is 14.1. The summed E-state index contributed by atoms with van der Waals surface area (Å²) in [5, 5.41) is 4.60. The van der Waals surface area contributed by atoms with Gasteiger partial charge in [0.2, 0.25) is 10.0 Å². The molecular formula is C28H23F3N2O3S2. The number of thiophene rings is 1. The number of halogens is 3. The van der Waals surface area contributed by atoms with Crippen molar-refractivity contribution in [2.75, 3.05) is 5.32 Å². The van der Waals surface area contributed by atoms with E-state index in [9.17, 15) is 26.4 Å². The summed E-state index contributed by atoms with van der Waals surface area (Å²) in [6.45, 7) is 1.80. The van der Waals surface area contributed by atoms with Gasteiger partial charge in [0.1, 0.15) is 4.21 Å². The fraction of sp³-hybridized carbons (Fsp3) is 0.179. The Balaban J connectivity index is 1.34. The zero-order valence-corrected chi connectivity index (χ0v) is 21.8. The van der Waals surface area contributed by atoms with Crippen molar-refractivity contribution < 1.29 is 26.4 Å². The number of hydrogen-bond acceptors (Lipinski definition) is 4. The first kappa shape index (κ1) is 26.1. The van der Waals surface area contributed by atoms with Crippen LogP contribution >= 0.6 is 11.3 Å². The molecule has 0 spiro atoms. The zero-order chi connectivity index (χ0) is 27.1. The molecule has 196 valence electrons. The summed E-state index contributed by atoms with van der Waals surface area (Å²) in [6, 6.07) is 18.4. The van der Waals surface area contributed by atoms with Crippen molar-refractivity contribution in [3.63, 3.8) is 0 Å². The minimum Gasteiger partial charge on any atom is -0.322 e. The van der Waals surface area contributed by atoms with Crippen LogP contribution in [0.1, 0.15) is 32.6 Å². The van der Waals surface area contributed by atoms with Gasteiger partial charge in [0.05, 0.1) is 5.56 Å². The molecule has 5 rings (SSSR count). The number of aryl methyl sites for hydroxylation is 1. The lowest BCUT2D eigenvalue weighted by Gasteiger charge is -2.15. The number of anilines is 1. The summed E-state index contributed by atoms with van der Waals surface area (Å²) in [7, 11) is -3.59. The SMILES string of the molecule is Cc1cccc(C(=O)Nc2ccc3c(c2)C[C@@H](NS(=O)(=O)c2cccs2)C3)c1-c1ccc(C(F)(F)F)cc1. The van der Waals surface area contributed by atoms with Crippen LogP contribution in [0.2, 0.25) is 0 Å². The van der Waals surface area contributed by atoms with E-state index in [2.05, 4.69) is 10.0 Å². The number of amides is 1. The molecule has 0 saturated carbocycles. The Morgan fingerprint density at radius 1 is 0.947 bits per heavy atom. The Morgan fingerprint density at radius 2 is 1.68 bits per heavy atom. The molecule has 1 atom stereocenters. The smallest absolute Gasteiger partial charge is 0.322 e. The highest BCUT2D eigenvalue weighted by Crippen LogP contribution is 2.34. The molecule has 0 unspecified atom stereocenters. The third kappa shape index (κ3) is 5.38. The molecule has 0 aliphatic heterocycles. The Hall–Kier alpha value is -3.47. The van der Waals surface area contributed by atoms with Gasteiger partial charge in [-0.3, -0.25) is 4.79 Å². The van der Waals surface area contributed by atoms with Crippen molar-refractivity contribution in [2.45, 2.75) is 36.2 Å². The van der Waals surface area contributed by atoms with Crippen LogP contribution in [0.25, 0.3) is 11.1 Å². The topological polar surface area (TPSA) is 75.3 Å². The molecule has 2 N–H and O–H groups in total. The summed E-state index contributed by atoms with van der Waals surface area (Å²) in [5.41, 5.74) is 3.90. The Labute approximate surface area is 222 Å². The number of rotatable bonds is 6. The quantitative estimate of drug-likeness (QED) is 0.287. The van der Waals surface area contributed by atoms with Crippen LogP contribution in [0.5, 0.6) is 0 Å². The molecule has 10 heteroatoms. The van der Waals surface area contributed by atoms with E-state index in [-0.39, 0.29) is 10.3 Å². The highest BCUT2D eigenvalue weighted by Gasteiger charge is 2.30. The molecule has 1 aliphatic carbocycles. The molecule has 1 aromatic heterocycles. The molecule has 0 fully saturated rings. The molecule has 5 nitrogen and oxygen atoms in total. The summed E-state index contributed by atoms with van der Waals surface area (Å²) in [4.78, 5) is 13.3. The molecule has 3 aromatic carbocycles. The van der Waals surface area contributed by atoms with Gasteiger partial charge in [-0.2, -0.15) is 13.2 Å². The number of alkyl halides is 3. The highest BCUT2D eigenvalue weighted by atomic mass is 32.2. The first-order valence-electron chi connectivity index (χ1n) is 11.8. The predicted octanol–water partition coefficient (Wildman–Crippen LogP) is 6.44.